The van der Waals surface area contributed by atoms with Crippen molar-refractivity contribution in [3.8, 4) is 0 Å². The second kappa shape index (κ2) is 9.75. The molecule has 0 aliphatic carbocycles. The first-order chi connectivity index (χ1) is 16.6. The van der Waals surface area contributed by atoms with Gasteiger partial charge in [0.05, 0.1) is 5.57 Å². The molecule has 170 valence electrons. The van der Waals surface area contributed by atoms with Gasteiger partial charge in [-0.1, -0.05) is 84.0 Å². The smallest absolute Gasteiger partial charge is 0.255 e. The summed E-state index contributed by atoms with van der Waals surface area (Å²) in [5.74, 6) is 1.16. The van der Waals surface area contributed by atoms with Crippen LogP contribution in [0.3, 0.4) is 0 Å². The average Bonchev–Trinajstić information content (AvgIpc) is 3.26. The van der Waals surface area contributed by atoms with E-state index in [2.05, 4.69) is 22.8 Å². The zero-order valence-electron chi connectivity index (χ0n) is 18.4. The van der Waals surface area contributed by atoms with Crippen molar-refractivity contribution in [1.82, 2.24) is 14.8 Å². The lowest BCUT2D eigenvalue weighted by molar-refractivity contribution is -0.113. The first kappa shape index (κ1) is 22.3. The van der Waals surface area contributed by atoms with Crippen LogP contribution in [0.25, 0.3) is 0 Å². The lowest BCUT2D eigenvalue weighted by Crippen LogP contribution is -2.31. The molecular formula is C26H22ClN5OS. The third-order valence-corrected chi connectivity index (χ3v) is 6.67. The van der Waals surface area contributed by atoms with Crippen molar-refractivity contribution in [3.05, 3.63) is 112 Å². The molecule has 1 aromatic heterocycles. The molecule has 0 fully saturated rings. The summed E-state index contributed by atoms with van der Waals surface area (Å²) >= 11 is 7.70. The molecule has 0 saturated heterocycles. The molecule has 8 heteroatoms. The van der Waals surface area contributed by atoms with E-state index in [9.17, 15) is 4.79 Å². The van der Waals surface area contributed by atoms with Crippen LogP contribution in [0.15, 0.2) is 101 Å². The maximum absolute atomic E-state index is 13.5. The Bertz CT molecular complexity index is 1340. The molecule has 2 heterocycles. The van der Waals surface area contributed by atoms with Crippen LogP contribution < -0.4 is 10.6 Å². The summed E-state index contributed by atoms with van der Waals surface area (Å²) in [5.41, 5.74) is 4.12. The number of thioether (sulfide) groups is 1. The molecule has 0 unspecified atom stereocenters. The lowest BCUT2D eigenvalue weighted by Gasteiger charge is -2.28. The van der Waals surface area contributed by atoms with Crippen molar-refractivity contribution < 1.29 is 4.79 Å². The summed E-state index contributed by atoms with van der Waals surface area (Å²) in [7, 11) is 0. The highest BCUT2D eigenvalue weighted by molar-refractivity contribution is 7.98. The quantitative estimate of drug-likeness (QED) is 0.319. The number of para-hydroxylation sites is 1. The second-order valence-corrected chi connectivity index (χ2v) is 9.25. The molecule has 1 aliphatic heterocycles. The summed E-state index contributed by atoms with van der Waals surface area (Å²) in [6.45, 7) is 1.89. The number of carbonyl (C=O) groups excluding carboxylic acids is 1. The minimum absolute atomic E-state index is 0.198. The van der Waals surface area contributed by atoms with E-state index in [1.54, 1.807) is 16.4 Å². The fourth-order valence-corrected chi connectivity index (χ4v) is 4.79. The van der Waals surface area contributed by atoms with E-state index in [1.165, 1.54) is 5.56 Å². The largest absolute Gasteiger partial charge is 0.328 e. The van der Waals surface area contributed by atoms with Crippen LogP contribution in [0.2, 0.25) is 5.02 Å². The summed E-state index contributed by atoms with van der Waals surface area (Å²) < 4.78 is 1.78. The molecule has 34 heavy (non-hydrogen) atoms. The van der Waals surface area contributed by atoms with Gasteiger partial charge < -0.3 is 10.6 Å². The predicted molar refractivity (Wildman–Crippen MR) is 137 cm³/mol. The monoisotopic (exact) mass is 487 g/mol. The lowest BCUT2D eigenvalue weighted by atomic mass is 9.95. The number of anilines is 2. The highest BCUT2D eigenvalue weighted by atomic mass is 35.5. The van der Waals surface area contributed by atoms with Crippen LogP contribution in [0.5, 0.6) is 0 Å². The fraction of sp³-hybridized carbons (Fsp3) is 0.115. The highest BCUT2D eigenvalue weighted by Crippen LogP contribution is 2.37. The first-order valence-electron chi connectivity index (χ1n) is 10.8. The van der Waals surface area contributed by atoms with Crippen LogP contribution in [0.1, 0.15) is 24.1 Å². The number of allylic oxidation sites excluding steroid dienone is 1. The van der Waals surface area contributed by atoms with E-state index >= 15 is 0 Å². The molecule has 2 N–H and O–H groups in total. The number of nitrogens with one attached hydrogen (secondary N) is 2. The zero-order chi connectivity index (χ0) is 23.5. The minimum Gasteiger partial charge on any atom is -0.328 e. The summed E-state index contributed by atoms with van der Waals surface area (Å²) in [4.78, 5) is 18.2. The molecule has 0 radical (unpaired) electrons. The Kier molecular flexibility index (Phi) is 6.38. The number of hydrogen-bond acceptors (Lipinski definition) is 5. The first-order valence-corrected chi connectivity index (χ1v) is 12.2. The molecule has 1 atom stereocenters. The van der Waals surface area contributed by atoms with Crippen molar-refractivity contribution in [1.29, 1.82) is 0 Å². The van der Waals surface area contributed by atoms with Gasteiger partial charge in [0.1, 0.15) is 6.04 Å². The molecule has 0 bridgehead atoms. The second-order valence-electron chi connectivity index (χ2n) is 7.87. The van der Waals surface area contributed by atoms with Crippen LogP contribution in [-0.4, -0.2) is 20.7 Å². The SMILES string of the molecule is CC1=C(C(=O)Nc2ccccc2)[C@H](c2ccc(Cl)cc2)n2nc(SCc3ccccc3)nc2N1. The fourth-order valence-electron chi connectivity index (χ4n) is 3.88. The van der Waals surface area contributed by atoms with Crippen LogP contribution >= 0.6 is 23.4 Å². The molecule has 0 saturated carbocycles. The van der Waals surface area contributed by atoms with Gasteiger partial charge in [0.25, 0.3) is 5.91 Å². The summed E-state index contributed by atoms with van der Waals surface area (Å²) in [6.07, 6.45) is 0. The van der Waals surface area contributed by atoms with E-state index in [-0.39, 0.29) is 5.91 Å². The molecule has 1 amide bonds. The van der Waals surface area contributed by atoms with Gasteiger partial charge >= 0.3 is 0 Å². The maximum Gasteiger partial charge on any atom is 0.255 e. The van der Waals surface area contributed by atoms with Gasteiger partial charge in [0.2, 0.25) is 11.1 Å². The Morgan fingerprint density at radius 3 is 2.41 bits per heavy atom. The Hall–Kier alpha value is -3.55. The van der Waals surface area contributed by atoms with E-state index in [4.69, 9.17) is 21.7 Å². The number of rotatable bonds is 6. The van der Waals surface area contributed by atoms with Crippen molar-refractivity contribution in [2.75, 3.05) is 10.6 Å². The van der Waals surface area contributed by atoms with Crippen molar-refractivity contribution in [3.63, 3.8) is 0 Å². The summed E-state index contributed by atoms with van der Waals surface area (Å²) in [6, 6.07) is 26.6. The van der Waals surface area contributed by atoms with Crippen molar-refractivity contribution >= 4 is 40.9 Å². The van der Waals surface area contributed by atoms with Gasteiger partial charge in [0.15, 0.2) is 0 Å². The average molecular weight is 488 g/mol. The molecule has 6 nitrogen and oxygen atoms in total. The predicted octanol–water partition coefficient (Wildman–Crippen LogP) is 6.15. The van der Waals surface area contributed by atoms with Gasteiger partial charge in [-0.2, -0.15) is 4.98 Å². The normalized spacial score (nSPS) is 14.9. The van der Waals surface area contributed by atoms with Crippen LogP contribution in [-0.2, 0) is 10.5 Å². The van der Waals surface area contributed by atoms with Gasteiger partial charge in [-0.25, -0.2) is 4.68 Å². The molecule has 5 rings (SSSR count). The number of hydrogen-bond donors (Lipinski definition) is 2. The number of carbonyl (C=O) groups is 1. The minimum atomic E-state index is -0.448. The highest BCUT2D eigenvalue weighted by Gasteiger charge is 2.34. The summed E-state index contributed by atoms with van der Waals surface area (Å²) in [5, 5.41) is 12.3. The molecular weight excluding hydrogens is 466 g/mol. The van der Waals surface area contributed by atoms with Gasteiger partial charge in [-0.05, 0) is 42.3 Å². The Balaban J connectivity index is 1.49. The van der Waals surface area contributed by atoms with Crippen LogP contribution in [0.4, 0.5) is 11.6 Å². The van der Waals surface area contributed by atoms with Crippen molar-refractivity contribution in [2.24, 2.45) is 0 Å². The number of nitrogens with zero attached hydrogens (tertiary/aromatic N) is 3. The van der Waals surface area contributed by atoms with E-state index in [0.717, 1.165) is 22.7 Å². The Morgan fingerprint density at radius 2 is 1.71 bits per heavy atom. The third-order valence-electron chi connectivity index (χ3n) is 5.51. The van der Waals surface area contributed by atoms with E-state index < -0.39 is 6.04 Å². The third kappa shape index (κ3) is 4.71. The number of aromatic nitrogens is 3. The van der Waals surface area contributed by atoms with E-state index in [0.29, 0.717) is 21.7 Å². The Morgan fingerprint density at radius 1 is 1.03 bits per heavy atom. The molecule has 1 aliphatic rings. The van der Waals surface area contributed by atoms with E-state index in [1.807, 2.05) is 79.7 Å². The molecule has 4 aromatic rings. The molecule has 3 aromatic carbocycles. The van der Waals surface area contributed by atoms with Crippen LogP contribution in [0, 0.1) is 0 Å². The van der Waals surface area contributed by atoms with Gasteiger partial charge in [0, 0.05) is 22.2 Å². The molecule has 0 spiro atoms. The number of fused-ring (bicyclic) bond motifs is 1. The maximum atomic E-state index is 13.5. The number of amides is 1. The Labute approximate surface area is 207 Å². The van der Waals surface area contributed by atoms with Crippen molar-refractivity contribution in [2.45, 2.75) is 23.9 Å². The number of benzene rings is 3. The standard InChI is InChI=1S/C26H22ClN5OS/c1-17-22(24(33)29-21-10-6-3-7-11-21)23(19-12-14-20(27)15-13-19)32-25(28-17)30-26(31-32)34-16-18-8-4-2-5-9-18/h2-15,23H,16H2,1H3,(H,29,33)(H,28,30,31)/t23-/m0/s1. The topological polar surface area (TPSA) is 71.8 Å². The van der Waals surface area contributed by atoms with Gasteiger partial charge in [-0.3, -0.25) is 4.79 Å². The van der Waals surface area contributed by atoms with Gasteiger partial charge in [-0.15, -0.1) is 5.10 Å². The number of halogens is 1. The zero-order valence-corrected chi connectivity index (χ0v) is 20.0.